The maximum atomic E-state index is 11.4. The first-order valence-electron chi connectivity index (χ1n) is 7.96. The number of carboxylic acid groups (broad SMARTS) is 1. The third-order valence-corrected chi connectivity index (χ3v) is 5.92. The normalized spacial score (nSPS) is 38.4. The number of carboxylic acids is 1. The van der Waals surface area contributed by atoms with Crippen molar-refractivity contribution in [3.63, 3.8) is 0 Å². The average Bonchev–Trinajstić information content (AvgIpc) is 2.82. The molecule has 1 heterocycles. The van der Waals surface area contributed by atoms with E-state index in [1.54, 1.807) is 0 Å². The van der Waals surface area contributed by atoms with Gasteiger partial charge in [-0.3, -0.25) is 0 Å². The Bertz CT molecular complexity index is 519. The van der Waals surface area contributed by atoms with Crippen LogP contribution in [0.15, 0.2) is 10.5 Å². The molecule has 5 rings (SSSR count). The molecule has 1 aromatic rings. The van der Waals surface area contributed by atoms with Gasteiger partial charge >= 0.3 is 5.97 Å². The third kappa shape index (κ3) is 1.68. The number of aromatic carboxylic acids is 1. The van der Waals surface area contributed by atoms with Crippen LogP contribution in [0.4, 0.5) is 0 Å². The Morgan fingerprint density at radius 2 is 1.80 bits per heavy atom. The highest BCUT2D eigenvalue weighted by Gasteiger charge is 2.53. The lowest BCUT2D eigenvalue weighted by atomic mass is 9.49. The van der Waals surface area contributed by atoms with Crippen molar-refractivity contribution in [2.75, 3.05) is 0 Å². The van der Waals surface area contributed by atoms with E-state index in [0.29, 0.717) is 17.7 Å². The second kappa shape index (κ2) is 4.12. The summed E-state index contributed by atoms with van der Waals surface area (Å²) in [6, 6.07) is 1.84. The summed E-state index contributed by atoms with van der Waals surface area (Å²) in [6.07, 6.45) is 8.50. The fraction of sp³-hybridized carbons (Fsp3) is 0.706. The molecule has 4 saturated carbocycles. The van der Waals surface area contributed by atoms with Crippen LogP contribution in [0.3, 0.4) is 0 Å². The van der Waals surface area contributed by atoms with Gasteiger partial charge in [-0.2, -0.15) is 0 Å². The van der Waals surface area contributed by atoms with Crippen molar-refractivity contribution in [3.05, 3.63) is 23.2 Å². The molecular formula is C17H22O3. The van der Waals surface area contributed by atoms with Crippen LogP contribution in [0, 0.1) is 17.8 Å². The van der Waals surface area contributed by atoms with Crippen molar-refractivity contribution in [2.45, 2.75) is 57.3 Å². The van der Waals surface area contributed by atoms with Crippen molar-refractivity contribution in [1.82, 2.24) is 0 Å². The minimum atomic E-state index is -0.846. The highest BCUT2D eigenvalue weighted by molar-refractivity contribution is 5.89. The molecule has 0 atom stereocenters. The molecule has 0 unspecified atom stereocenters. The SMILES string of the molecule is CCc1oc(C23CC4CC(CC(C4)C2)C3)cc1C(=O)O. The summed E-state index contributed by atoms with van der Waals surface area (Å²) in [5.41, 5.74) is 0.546. The van der Waals surface area contributed by atoms with E-state index < -0.39 is 5.97 Å². The van der Waals surface area contributed by atoms with Crippen molar-refractivity contribution in [3.8, 4) is 0 Å². The van der Waals surface area contributed by atoms with E-state index in [1.807, 2.05) is 13.0 Å². The maximum absolute atomic E-state index is 11.4. The second-order valence-corrected chi connectivity index (χ2v) is 7.30. The monoisotopic (exact) mass is 274 g/mol. The summed E-state index contributed by atoms with van der Waals surface area (Å²) in [6.45, 7) is 1.97. The minimum Gasteiger partial charge on any atom is -0.478 e. The topological polar surface area (TPSA) is 50.4 Å². The molecule has 4 fully saturated rings. The zero-order chi connectivity index (χ0) is 13.9. The molecule has 0 aromatic carbocycles. The van der Waals surface area contributed by atoms with Gasteiger partial charge in [0.15, 0.2) is 0 Å². The van der Waals surface area contributed by atoms with Gasteiger partial charge in [0.2, 0.25) is 0 Å². The molecule has 0 aliphatic heterocycles. The highest BCUT2D eigenvalue weighted by atomic mass is 16.4. The van der Waals surface area contributed by atoms with E-state index in [2.05, 4.69) is 0 Å². The Balaban J connectivity index is 1.75. The standard InChI is InChI=1S/C17H22O3/c1-2-14-13(16(18)19)6-15(20-14)17-7-10-3-11(8-17)5-12(4-10)9-17/h6,10-12H,2-5,7-9H2,1H3,(H,18,19). The fourth-order valence-electron chi connectivity index (χ4n) is 5.55. The number of aryl methyl sites for hydroxylation is 1. The fourth-order valence-corrected chi connectivity index (χ4v) is 5.55. The number of furan rings is 1. The lowest BCUT2D eigenvalue weighted by Gasteiger charge is -2.55. The molecule has 0 radical (unpaired) electrons. The summed E-state index contributed by atoms with van der Waals surface area (Å²) >= 11 is 0. The van der Waals surface area contributed by atoms with E-state index in [4.69, 9.17) is 4.42 Å². The van der Waals surface area contributed by atoms with Gasteiger partial charge in [0.05, 0.1) is 0 Å². The molecule has 0 amide bonds. The first-order valence-corrected chi connectivity index (χ1v) is 7.96. The summed E-state index contributed by atoms with van der Waals surface area (Å²) < 4.78 is 6.03. The van der Waals surface area contributed by atoms with E-state index >= 15 is 0 Å². The molecule has 1 N–H and O–H groups in total. The zero-order valence-corrected chi connectivity index (χ0v) is 12.0. The van der Waals surface area contributed by atoms with Crippen LogP contribution in [-0.2, 0) is 11.8 Å². The summed E-state index contributed by atoms with van der Waals surface area (Å²) in [4.78, 5) is 11.4. The van der Waals surface area contributed by atoms with Crippen molar-refractivity contribution in [1.29, 1.82) is 0 Å². The molecule has 20 heavy (non-hydrogen) atoms. The predicted molar refractivity (Wildman–Crippen MR) is 74.9 cm³/mol. The van der Waals surface area contributed by atoms with Crippen molar-refractivity contribution < 1.29 is 14.3 Å². The van der Waals surface area contributed by atoms with Crippen molar-refractivity contribution >= 4 is 5.97 Å². The number of hydrogen-bond donors (Lipinski definition) is 1. The highest BCUT2D eigenvalue weighted by Crippen LogP contribution is 2.61. The van der Waals surface area contributed by atoms with Crippen molar-refractivity contribution in [2.24, 2.45) is 17.8 Å². The number of rotatable bonds is 3. The van der Waals surface area contributed by atoms with Crippen LogP contribution in [-0.4, -0.2) is 11.1 Å². The molecule has 4 aliphatic rings. The minimum absolute atomic E-state index is 0.159. The largest absolute Gasteiger partial charge is 0.478 e. The average molecular weight is 274 g/mol. The first kappa shape index (κ1) is 12.5. The number of carbonyl (C=O) groups is 1. The van der Waals surface area contributed by atoms with Crippen LogP contribution < -0.4 is 0 Å². The van der Waals surface area contributed by atoms with Crippen LogP contribution in [0.2, 0.25) is 0 Å². The van der Waals surface area contributed by atoms with Gasteiger partial charge in [-0.1, -0.05) is 6.92 Å². The zero-order valence-electron chi connectivity index (χ0n) is 12.0. The van der Waals surface area contributed by atoms with Gasteiger partial charge in [-0.15, -0.1) is 0 Å². The van der Waals surface area contributed by atoms with Gasteiger partial charge in [-0.25, -0.2) is 4.79 Å². The molecule has 1 aromatic heterocycles. The quantitative estimate of drug-likeness (QED) is 0.906. The predicted octanol–water partition coefficient (Wildman–Crippen LogP) is 4.01. The third-order valence-electron chi connectivity index (χ3n) is 5.92. The van der Waals surface area contributed by atoms with E-state index in [9.17, 15) is 9.90 Å². The molecular weight excluding hydrogens is 252 g/mol. The lowest BCUT2D eigenvalue weighted by Crippen LogP contribution is -2.48. The lowest BCUT2D eigenvalue weighted by molar-refractivity contribution is -0.0155. The second-order valence-electron chi connectivity index (χ2n) is 7.30. The first-order chi connectivity index (χ1) is 9.59. The van der Waals surface area contributed by atoms with Gasteiger partial charge in [0, 0.05) is 11.8 Å². The summed E-state index contributed by atoms with van der Waals surface area (Å²) in [7, 11) is 0. The molecule has 3 heteroatoms. The molecule has 4 aliphatic carbocycles. The van der Waals surface area contributed by atoms with E-state index in [1.165, 1.54) is 38.5 Å². The smallest absolute Gasteiger partial charge is 0.339 e. The van der Waals surface area contributed by atoms with E-state index in [0.717, 1.165) is 23.5 Å². The van der Waals surface area contributed by atoms with E-state index in [-0.39, 0.29) is 5.41 Å². The molecule has 108 valence electrons. The Kier molecular flexibility index (Phi) is 2.57. The maximum Gasteiger partial charge on any atom is 0.339 e. The van der Waals surface area contributed by atoms with Gasteiger partial charge in [-0.05, 0) is 62.3 Å². The molecule has 0 saturated heterocycles. The molecule has 4 bridgehead atoms. The molecule has 3 nitrogen and oxygen atoms in total. The van der Waals surface area contributed by atoms with Gasteiger partial charge in [0.1, 0.15) is 17.1 Å². The molecule has 0 spiro atoms. The van der Waals surface area contributed by atoms with Gasteiger partial charge < -0.3 is 9.52 Å². The summed E-state index contributed by atoms with van der Waals surface area (Å²) in [5, 5.41) is 9.33. The van der Waals surface area contributed by atoms with Gasteiger partial charge in [0.25, 0.3) is 0 Å². The Hall–Kier alpha value is -1.25. The summed E-state index contributed by atoms with van der Waals surface area (Å²) in [5.74, 6) is 3.34. The van der Waals surface area contributed by atoms with Crippen LogP contribution >= 0.6 is 0 Å². The number of hydrogen-bond acceptors (Lipinski definition) is 2. The van der Waals surface area contributed by atoms with Crippen LogP contribution in [0.25, 0.3) is 0 Å². The Morgan fingerprint density at radius 1 is 1.25 bits per heavy atom. The van der Waals surface area contributed by atoms with Crippen LogP contribution in [0.5, 0.6) is 0 Å². The Morgan fingerprint density at radius 3 is 2.20 bits per heavy atom. The van der Waals surface area contributed by atoms with Crippen LogP contribution in [0.1, 0.15) is 67.3 Å². The Labute approximate surface area is 119 Å².